The monoisotopic (exact) mass is 194 g/mol. The Hall–Kier alpha value is -0.260. The lowest BCUT2D eigenvalue weighted by Gasteiger charge is -2.30. The van der Waals surface area contributed by atoms with Crippen LogP contribution >= 0.6 is 0 Å². The van der Waals surface area contributed by atoms with Crippen LogP contribution in [0.2, 0.25) is 0 Å². The highest BCUT2D eigenvalue weighted by atomic mass is 14.5. The van der Waals surface area contributed by atoms with E-state index in [0.29, 0.717) is 5.41 Å². The molecule has 0 aromatic heterocycles. The molecule has 2 atom stereocenters. The van der Waals surface area contributed by atoms with Gasteiger partial charge in [0, 0.05) is 0 Å². The molecule has 0 amide bonds. The zero-order chi connectivity index (χ0) is 10.9. The van der Waals surface area contributed by atoms with E-state index in [9.17, 15) is 0 Å². The first kappa shape index (κ1) is 11.8. The Kier molecular flexibility index (Phi) is 3.44. The molecule has 1 fully saturated rings. The van der Waals surface area contributed by atoms with Crippen LogP contribution in [0.3, 0.4) is 0 Å². The summed E-state index contributed by atoms with van der Waals surface area (Å²) >= 11 is 0. The van der Waals surface area contributed by atoms with E-state index < -0.39 is 0 Å². The van der Waals surface area contributed by atoms with Crippen molar-refractivity contribution < 1.29 is 0 Å². The van der Waals surface area contributed by atoms with E-state index in [4.69, 9.17) is 0 Å². The molecule has 2 unspecified atom stereocenters. The van der Waals surface area contributed by atoms with Crippen LogP contribution in [-0.4, -0.2) is 0 Å². The quantitative estimate of drug-likeness (QED) is 0.564. The molecule has 82 valence electrons. The maximum absolute atomic E-state index is 2.47. The summed E-state index contributed by atoms with van der Waals surface area (Å²) in [7, 11) is 0. The molecule has 1 saturated carbocycles. The van der Waals surface area contributed by atoms with Crippen molar-refractivity contribution in [2.75, 3.05) is 0 Å². The van der Waals surface area contributed by atoms with Crippen LogP contribution in [0.25, 0.3) is 0 Å². The van der Waals surface area contributed by atoms with Crippen molar-refractivity contribution in [2.45, 2.75) is 60.8 Å². The van der Waals surface area contributed by atoms with Crippen LogP contribution in [0.1, 0.15) is 60.8 Å². The van der Waals surface area contributed by atoms with Crippen molar-refractivity contribution in [3.05, 3.63) is 11.1 Å². The minimum Gasteiger partial charge on any atom is -0.0772 e. The summed E-state index contributed by atoms with van der Waals surface area (Å²) in [6.45, 7) is 14.0. The minimum atomic E-state index is 0.672. The Morgan fingerprint density at radius 1 is 1.21 bits per heavy atom. The van der Waals surface area contributed by atoms with Gasteiger partial charge in [0.25, 0.3) is 0 Å². The van der Waals surface area contributed by atoms with Gasteiger partial charge in [0.15, 0.2) is 0 Å². The molecule has 1 aliphatic rings. The molecule has 0 bridgehead atoms. The second-order valence-corrected chi connectivity index (χ2v) is 5.64. The molecule has 0 nitrogen and oxygen atoms in total. The Morgan fingerprint density at radius 3 is 2.00 bits per heavy atom. The summed E-state index contributed by atoms with van der Waals surface area (Å²) < 4.78 is 0. The molecule has 0 radical (unpaired) electrons. The molecule has 0 spiro atoms. The van der Waals surface area contributed by atoms with Crippen molar-refractivity contribution in [2.24, 2.45) is 17.3 Å². The normalized spacial score (nSPS) is 22.7. The van der Waals surface area contributed by atoms with Gasteiger partial charge < -0.3 is 0 Å². The third kappa shape index (κ3) is 2.21. The van der Waals surface area contributed by atoms with Gasteiger partial charge in [-0.25, -0.2) is 0 Å². The standard InChI is InChI=1S/C14H26/c1-7-13(14(6)8-9-14)12(5)11(4)10(2)3/h12-13H,7-9H2,1-6H3. The lowest BCUT2D eigenvalue weighted by molar-refractivity contribution is 0.252. The summed E-state index contributed by atoms with van der Waals surface area (Å²) in [6, 6.07) is 0. The van der Waals surface area contributed by atoms with Gasteiger partial charge >= 0.3 is 0 Å². The highest BCUT2D eigenvalue weighted by Gasteiger charge is 2.45. The predicted molar refractivity (Wildman–Crippen MR) is 64.3 cm³/mol. The van der Waals surface area contributed by atoms with Crippen LogP contribution in [0.4, 0.5) is 0 Å². The van der Waals surface area contributed by atoms with Crippen LogP contribution in [0.5, 0.6) is 0 Å². The van der Waals surface area contributed by atoms with Gasteiger partial charge in [0.05, 0.1) is 0 Å². The number of hydrogen-bond acceptors (Lipinski definition) is 0. The zero-order valence-corrected chi connectivity index (χ0v) is 10.8. The maximum Gasteiger partial charge on any atom is -0.0198 e. The molecule has 0 aromatic rings. The molecule has 0 aromatic carbocycles. The molecule has 1 aliphatic carbocycles. The average molecular weight is 194 g/mol. The van der Waals surface area contributed by atoms with Gasteiger partial charge in [-0.3, -0.25) is 0 Å². The second kappa shape index (κ2) is 4.08. The summed E-state index contributed by atoms with van der Waals surface area (Å²) in [5, 5.41) is 0. The molecular weight excluding hydrogens is 168 g/mol. The van der Waals surface area contributed by atoms with E-state index in [2.05, 4.69) is 41.5 Å². The van der Waals surface area contributed by atoms with Crippen molar-refractivity contribution in [3.8, 4) is 0 Å². The van der Waals surface area contributed by atoms with E-state index in [-0.39, 0.29) is 0 Å². The third-order valence-electron chi connectivity index (χ3n) is 4.45. The first-order chi connectivity index (χ1) is 6.42. The molecule has 0 heteroatoms. The first-order valence-corrected chi connectivity index (χ1v) is 6.06. The number of hydrogen-bond donors (Lipinski definition) is 0. The predicted octanol–water partition coefficient (Wildman–Crippen LogP) is 4.81. The lowest BCUT2D eigenvalue weighted by Crippen LogP contribution is -2.21. The highest BCUT2D eigenvalue weighted by Crippen LogP contribution is 2.56. The maximum atomic E-state index is 2.47. The van der Waals surface area contributed by atoms with Crippen molar-refractivity contribution in [3.63, 3.8) is 0 Å². The topological polar surface area (TPSA) is 0 Å². The van der Waals surface area contributed by atoms with Crippen molar-refractivity contribution in [1.82, 2.24) is 0 Å². The minimum absolute atomic E-state index is 0.672. The Labute approximate surface area is 89.8 Å². The molecule has 14 heavy (non-hydrogen) atoms. The summed E-state index contributed by atoms with van der Waals surface area (Å²) in [6.07, 6.45) is 4.24. The number of rotatable bonds is 4. The van der Waals surface area contributed by atoms with Crippen molar-refractivity contribution >= 4 is 0 Å². The smallest absolute Gasteiger partial charge is 0.0198 e. The van der Waals surface area contributed by atoms with Crippen LogP contribution in [0, 0.1) is 17.3 Å². The Morgan fingerprint density at radius 2 is 1.71 bits per heavy atom. The summed E-state index contributed by atoms with van der Waals surface area (Å²) in [5.41, 5.74) is 3.80. The van der Waals surface area contributed by atoms with E-state index in [0.717, 1.165) is 11.8 Å². The fourth-order valence-electron chi connectivity index (χ4n) is 2.77. The molecule has 0 aliphatic heterocycles. The van der Waals surface area contributed by atoms with Gasteiger partial charge in [-0.15, -0.1) is 0 Å². The third-order valence-corrected chi connectivity index (χ3v) is 4.45. The van der Waals surface area contributed by atoms with E-state index in [1.165, 1.54) is 24.8 Å². The highest BCUT2D eigenvalue weighted by molar-refractivity contribution is 5.13. The van der Waals surface area contributed by atoms with E-state index in [1.54, 1.807) is 5.57 Å². The van der Waals surface area contributed by atoms with Crippen LogP contribution < -0.4 is 0 Å². The molecule has 1 rings (SSSR count). The lowest BCUT2D eigenvalue weighted by atomic mass is 9.75. The second-order valence-electron chi connectivity index (χ2n) is 5.64. The van der Waals surface area contributed by atoms with Gasteiger partial charge in [0.1, 0.15) is 0 Å². The SMILES string of the molecule is CCC(C(C)C(C)=C(C)C)C1(C)CC1. The van der Waals surface area contributed by atoms with Crippen LogP contribution in [-0.2, 0) is 0 Å². The summed E-state index contributed by atoms with van der Waals surface area (Å²) in [4.78, 5) is 0. The molecule has 0 saturated heterocycles. The van der Waals surface area contributed by atoms with Crippen LogP contribution in [0.15, 0.2) is 11.1 Å². The zero-order valence-electron chi connectivity index (χ0n) is 10.8. The van der Waals surface area contributed by atoms with Gasteiger partial charge in [0.2, 0.25) is 0 Å². The summed E-state index contributed by atoms with van der Waals surface area (Å²) in [5.74, 6) is 1.68. The van der Waals surface area contributed by atoms with E-state index in [1.807, 2.05) is 0 Å². The molecule has 0 heterocycles. The molecule has 0 N–H and O–H groups in total. The fraction of sp³-hybridized carbons (Fsp3) is 0.857. The van der Waals surface area contributed by atoms with Gasteiger partial charge in [-0.05, 0) is 50.9 Å². The fourth-order valence-corrected chi connectivity index (χ4v) is 2.77. The van der Waals surface area contributed by atoms with E-state index >= 15 is 0 Å². The van der Waals surface area contributed by atoms with Crippen molar-refractivity contribution in [1.29, 1.82) is 0 Å². The molecular formula is C14H26. The van der Waals surface area contributed by atoms with Gasteiger partial charge in [-0.2, -0.15) is 0 Å². The average Bonchev–Trinajstić information content (AvgIpc) is 2.83. The number of allylic oxidation sites excluding steroid dienone is 2. The van der Waals surface area contributed by atoms with Gasteiger partial charge in [-0.1, -0.05) is 38.3 Å². The Balaban J connectivity index is 2.75. The largest absolute Gasteiger partial charge is 0.0772 e. The Bertz CT molecular complexity index is 226. The first-order valence-electron chi connectivity index (χ1n) is 6.06.